The van der Waals surface area contributed by atoms with Gasteiger partial charge in [0.05, 0.1) is 12.2 Å². The van der Waals surface area contributed by atoms with Crippen molar-refractivity contribution in [3.05, 3.63) is 12.7 Å². The first-order valence-corrected chi connectivity index (χ1v) is 6.98. The highest BCUT2D eigenvalue weighted by Crippen LogP contribution is 2.55. The van der Waals surface area contributed by atoms with E-state index in [9.17, 15) is 0 Å². The Morgan fingerprint density at radius 2 is 1.94 bits per heavy atom. The standard InChI is InChI=1S/C15H26O/c1-5-11-9-15(10-16-15)14(8-4)13(7-3)12(11)6-2/h7,11-14H,3,5-6,8-10H2,1-2,4H3. The van der Waals surface area contributed by atoms with Crippen LogP contribution in [-0.2, 0) is 4.74 Å². The summed E-state index contributed by atoms with van der Waals surface area (Å²) >= 11 is 0. The molecular weight excluding hydrogens is 196 g/mol. The molecule has 2 rings (SSSR count). The molecule has 5 unspecified atom stereocenters. The van der Waals surface area contributed by atoms with Gasteiger partial charge < -0.3 is 4.74 Å². The Morgan fingerprint density at radius 1 is 1.25 bits per heavy atom. The summed E-state index contributed by atoms with van der Waals surface area (Å²) in [7, 11) is 0. The van der Waals surface area contributed by atoms with E-state index in [1.54, 1.807) is 0 Å². The zero-order chi connectivity index (χ0) is 11.8. The van der Waals surface area contributed by atoms with Gasteiger partial charge in [-0.3, -0.25) is 0 Å². The van der Waals surface area contributed by atoms with Crippen molar-refractivity contribution in [3.63, 3.8) is 0 Å². The predicted molar refractivity (Wildman–Crippen MR) is 68.3 cm³/mol. The monoisotopic (exact) mass is 222 g/mol. The van der Waals surface area contributed by atoms with Crippen LogP contribution in [-0.4, -0.2) is 12.2 Å². The second-order valence-electron chi connectivity index (χ2n) is 5.63. The van der Waals surface area contributed by atoms with Crippen LogP contribution in [0.1, 0.15) is 46.5 Å². The average molecular weight is 222 g/mol. The number of ether oxygens (including phenoxy) is 1. The van der Waals surface area contributed by atoms with Crippen LogP contribution < -0.4 is 0 Å². The molecule has 1 aliphatic carbocycles. The molecule has 0 radical (unpaired) electrons. The SMILES string of the molecule is C=CC1C(CC)C(CC)CC2(CO2)C1CC. The van der Waals surface area contributed by atoms with Gasteiger partial charge in [-0.2, -0.15) is 0 Å². The van der Waals surface area contributed by atoms with Gasteiger partial charge in [0.15, 0.2) is 0 Å². The van der Waals surface area contributed by atoms with E-state index >= 15 is 0 Å². The largest absolute Gasteiger partial charge is 0.369 e. The normalized spacial score (nSPS) is 46.9. The lowest BCUT2D eigenvalue weighted by Gasteiger charge is -2.45. The molecule has 2 fully saturated rings. The van der Waals surface area contributed by atoms with Gasteiger partial charge in [0.1, 0.15) is 0 Å². The van der Waals surface area contributed by atoms with E-state index in [-0.39, 0.29) is 5.60 Å². The Bertz CT molecular complexity index is 254. The first kappa shape index (κ1) is 12.2. The van der Waals surface area contributed by atoms with Gasteiger partial charge in [-0.25, -0.2) is 0 Å². The fraction of sp³-hybridized carbons (Fsp3) is 0.867. The third-order valence-corrected chi connectivity index (χ3v) is 5.07. The molecule has 1 aliphatic heterocycles. The van der Waals surface area contributed by atoms with Gasteiger partial charge in [0.25, 0.3) is 0 Å². The maximum Gasteiger partial charge on any atom is 0.0952 e. The lowest BCUT2D eigenvalue weighted by molar-refractivity contribution is 0.0286. The molecule has 0 N–H and O–H groups in total. The van der Waals surface area contributed by atoms with E-state index in [0.717, 1.165) is 24.4 Å². The smallest absolute Gasteiger partial charge is 0.0952 e. The van der Waals surface area contributed by atoms with Crippen LogP contribution in [0.25, 0.3) is 0 Å². The summed E-state index contributed by atoms with van der Waals surface area (Å²) in [5.41, 5.74) is 0.250. The number of hydrogen-bond acceptors (Lipinski definition) is 1. The van der Waals surface area contributed by atoms with Crippen molar-refractivity contribution >= 4 is 0 Å². The molecule has 1 spiro atoms. The molecule has 92 valence electrons. The molecule has 0 aromatic heterocycles. The van der Waals surface area contributed by atoms with Crippen molar-refractivity contribution in [1.29, 1.82) is 0 Å². The molecule has 0 aromatic rings. The highest BCUT2D eigenvalue weighted by Gasteiger charge is 2.58. The van der Waals surface area contributed by atoms with Crippen LogP contribution >= 0.6 is 0 Å². The van der Waals surface area contributed by atoms with Crippen LogP contribution in [0.3, 0.4) is 0 Å². The van der Waals surface area contributed by atoms with Crippen molar-refractivity contribution in [2.75, 3.05) is 6.61 Å². The summed E-state index contributed by atoms with van der Waals surface area (Å²) in [6.45, 7) is 12.1. The average Bonchev–Trinajstić information content (AvgIpc) is 3.07. The maximum absolute atomic E-state index is 5.85. The summed E-state index contributed by atoms with van der Waals surface area (Å²) < 4.78 is 5.85. The van der Waals surface area contributed by atoms with Crippen molar-refractivity contribution < 1.29 is 4.74 Å². The number of rotatable bonds is 4. The van der Waals surface area contributed by atoms with Crippen molar-refractivity contribution in [1.82, 2.24) is 0 Å². The van der Waals surface area contributed by atoms with Crippen molar-refractivity contribution in [2.45, 2.75) is 52.1 Å². The fourth-order valence-corrected chi connectivity index (χ4v) is 4.17. The first-order chi connectivity index (χ1) is 7.72. The molecule has 0 bridgehead atoms. The molecular formula is C15H26O. The fourth-order valence-electron chi connectivity index (χ4n) is 4.17. The minimum absolute atomic E-state index is 0.250. The van der Waals surface area contributed by atoms with Gasteiger partial charge in [-0.15, -0.1) is 6.58 Å². The van der Waals surface area contributed by atoms with Crippen LogP contribution in [0, 0.1) is 23.7 Å². The maximum atomic E-state index is 5.85. The molecule has 1 heteroatoms. The molecule has 1 heterocycles. The molecule has 0 amide bonds. The number of hydrogen-bond donors (Lipinski definition) is 0. The summed E-state index contributed by atoms with van der Waals surface area (Å²) in [6, 6.07) is 0. The molecule has 2 aliphatic rings. The van der Waals surface area contributed by atoms with Crippen molar-refractivity contribution in [2.24, 2.45) is 23.7 Å². The Morgan fingerprint density at radius 3 is 2.31 bits per heavy atom. The Hall–Kier alpha value is -0.300. The number of epoxide rings is 1. The third kappa shape index (κ3) is 1.73. The van der Waals surface area contributed by atoms with Crippen LogP contribution in [0.4, 0.5) is 0 Å². The predicted octanol–water partition coefficient (Wildman–Crippen LogP) is 4.04. The first-order valence-electron chi connectivity index (χ1n) is 6.98. The third-order valence-electron chi connectivity index (χ3n) is 5.07. The summed E-state index contributed by atoms with van der Waals surface area (Å²) in [6.07, 6.45) is 7.34. The second kappa shape index (κ2) is 4.52. The van der Waals surface area contributed by atoms with E-state index in [4.69, 9.17) is 4.74 Å². The van der Waals surface area contributed by atoms with Gasteiger partial charge in [-0.1, -0.05) is 39.7 Å². The van der Waals surface area contributed by atoms with Crippen LogP contribution in [0.2, 0.25) is 0 Å². The summed E-state index contributed by atoms with van der Waals surface area (Å²) in [5, 5.41) is 0. The van der Waals surface area contributed by atoms with E-state index in [2.05, 4.69) is 33.4 Å². The molecule has 1 saturated heterocycles. The van der Waals surface area contributed by atoms with Crippen molar-refractivity contribution in [3.8, 4) is 0 Å². The molecule has 16 heavy (non-hydrogen) atoms. The molecule has 1 saturated carbocycles. The second-order valence-corrected chi connectivity index (χ2v) is 5.63. The van der Waals surface area contributed by atoms with Crippen LogP contribution in [0.15, 0.2) is 12.7 Å². The topological polar surface area (TPSA) is 12.5 Å². The van der Waals surface area contributed by atoms with E-state index in [1.165, 1.54) is 25.7 Å². The Kier molecular flexibility index (Phi) is 3.44. The quantitative estimate of drug-likeness (QED) is 0.516. The molecule has 5 atom stereocenters. The highest BCUT2D eigenvalue weighted by molar-refractivity contribution is 5.10. The van der Waals surface area contributed by atoms with E-state index in [1.807, 2.05) is 0 Å². The van der Waals surface area contributed by atoms with Gasteiger partial charge in [-0.05, 0) is 36.5 Å². The number of allylic oxidation sites excluding steroid dienone is 1. The highest BCUT2D eigenvalue weighted by atomic mass is 16.6. The zero-order valence-corrected chi connectivity index (χ0v) is 11.0. The molecule has 1 nitrogen and oxygen atoms in total. The minimum Gasteiger partial charge on any atom is -0.369 e. The Balaban J connectivity index is 2.23. The van der Waals surface area contributed by atoms with Gasteiger partial charge >= 0.3 is 0 Å². The summed E-state index contributed by atoms with van der Waals surface area (Å²) in [4.78, 5) is 0. The zero-order valence-electron chi connectivity index (χ0n) is 11.0. The van der Waals surface area contributed by atoms with Gasteiger partial charge in [0, 0.05) is 0 Å². The van der Waals surface area contributed by atoms with Crippen LogP contribution in [0.5, 0.6) is 0 Å². The van der Waals surface area contributed by atoms with Gasteiger partial charge in [0.2, 0.25) is 0 Å². The minimum atomic E-state index is 0.250. The summed E-state index contributed by atoms with van der Waals surface area (Å²) in [5.74, 6) is 3.08. The molecule has 0 aromatic carbocycles. The lowest BCUT2D eigenvalue weighted by atomic mass is 9.59. The van der Waals surface area contributed by atoms with E-state index < -0.39 is 0 Å². The van der Waals surface area contributed by atoms with E-state index in [0.29, 0.717) is 5.92 Å². The Labute approximate surface area is 100 Å². The lowest BCUT2D eigenvalue weighted by Crippen LogP contribution is -2.44.